The highest BCUT2D eigenvalue weighted by Crippen LogP contribution is 2.40. The number of carbonyl (C=O) groups excluding carboxylic acids is 2. The Kier molecular flexibility index (Phi) is 7.32. The summed E-state index contributed by atoms with van der Waals surface area (Å²) in [7, 11) is 1.29. The molecule has 1 amide bonds. The van der Waals surface area contributed by atoms with E-state index in [0.717, 1.165) is 29.7 Å². The second-order valence-electron chi connectivity index (χ2n) is 8.53. The van der Waals surface area contributed by atoms with Gasteiger partial charge in [-0.15, -0.1) is 0 Å². The molecule has 0 fully saturated rings. The van der Waals surface area contributed by atoms with E-state index in [2.05, 4.69) is 17.4 Å². The van der Waals surface area contributed by atoms with Gasteiger partial charge in [0.25, 0.3) is 5.88 Å². The first-order valence-corrected chi connectivity index (χ1v) is 9.94. The first kappa shape index (κ1) is 22.8. The van der Waals surface area contributed by atoms with E-state index in [1.807, 2.05) is 19.9 Å². The Morgan fingerprint density at radius 3 is 2.62 bits per heavy atom. The Labute approximate surface area is 171 Å². The summed E-state index contributed by atoms with van der Waals surface area (Å²) in [6.45, 7) is 11.2. The summed E-state index contributed by atoms with van der Waals surface area (Å²) in [6, 6.07) is -0.913. The lowest BCUT2D eigenvalue weighted by Crippen LogP contribution is -2.44. The van der Waals surface area contributed by atoms with Gasteiger partial charge in [-0.1, -0.05) is 13.0 Å². The van der Waals surface area contributed by atoms with Gasteiger partial charge < -0.3 is 24.1 Å². The molecule has 1 aliphatic rings. The second-order valence-corrected chi connectivity index (χ2v) is 8.53. The van der Waals surface area contributed by atoms with E-state index < -0.39 is 23.7 Å². The van der Waals surface area contributed by atoms with Crippen molar-refractivity contribution in [3.8, 4) is 5.88 Å². The topological polar surface area (TPSA) is 99.9 Å². The Bertz CT molecular complexity index is 760. The van der Waals surface area contributed by atoms with E-state index in [-0.39, 0.29) is 18.4 Å². The van der Waals surface area contributed by atoms with Crippen LogP contribution in [0.5, 0.6) is 5.88 Å². The van der Waals surface area contributed by atoms with Crippen LogP contribution in [-0.4, -0.2) is 42.1 Å². The van der Waals surface area contributed by atoms with Gasteiger partial charge in [-0.2, -0.15) is 0 Å². The molecule has 1 aromatic rings. The van der Waals surface area contributed by atoms with E-state index in [4.69, 9.17) is 18.7 Å². The first-order chi connectivity index (χ1) is 13.5. The second kappa shape index (κ2) is 9.33. The van der Waals surface area contributed by atoms with Crippen molar-refractivity contribution in [3.63, 3.8) is 0 Å². The molecule has 29 heavy (non-hydrogen) atoms. The van der Waals surface area contributed by atoms with Crippen molar-refractivity contribution in [2.45, 2.75) is 84.5 Å². The molecule has 0 bridgehead atoms. The van der Waals surface area contributed by atoms with Crippen molar-refractivity contribution in [2.75, 3.05) is 7.11 Å². The smallest absolute Gasteiger partial charge is 0.408 e. The molecule has 0 aromatic carbocycles. The Balaban J connectivity index is 2.32. The molecular formula is C21H32N2O6. The zero-order chi connectivity index (χ0) is 21.8. The Hall–Kier alpha value is -2.51. The van der Waals surface area contributed by atoms with Crippen LogP contribution in [0, 0.1) is 0 Å². The number of hydrogen-bond acceptors (Lipinski definition) is 7. The largest absolute Gasteiger partial charge is 0.472 e. The Morgan fingerprint density at radius 2 is 2.03 bits per heavy atom. The fourth-order valence-electron chi connectivity index (χ4n) is 3.15. The van der Waals surface area contributed by atoms with E-state index in [1.54, 1.807) is 20.8 Å². The van der Waals surface area contributed by atoms with Gasteiger partial charge in [-0.25, -0.2) is 9.59 Å². The average molecular weight is 408 g/mol. The van der Waals surface area contributed by atoms with Crippen LogP contribution in [0.3, 0.4) is 0 Å². The average Bonchev–Trinajstić information content (AvgIpc) is 2.93. The number of nitrogens with one attached hydrogen (secondary N) is 1. The number of carbonyl (C=O) groups is 2. The molecular weight excluding hydrogens is 376 g/mol. The molecule has 8 nitrogen and oxygen atoms in total. The molecule has 0 aliphatic heterocycles. The quantitative estimate of drug-likeness (QED) is 0.704. The molecule has 1 unspecified atom stereocenters. The highest BCUT2D eigenvalue weighted by molar-refractivity contribution is 5.85. The zero-order valence-electron chi connectivity index (χ0n) is 18.3. The van der Waals surface area contributed by atoms with Crippen LogP contribution in [0.1, 0.15) is 78.0 Å². The van der Waals surface area contributed by atoms with Crippen molar-refractivity contribution in [1.29, 1.82) is 0 Å². The highest BCUT2D eigenvalue weighted by Gasteiger charge is 2.32. The van der Waals surface area contributed by atoms with Crippen molar-refractivity contribution in [3.05, 3.63) is 17.4 Å². The van der Waals surface area contributed by atoms with Gasteiger partial charge >= 0.3 is 12.1 Å². The maximum atomic E-state index is 12.4. The maximum Gasteiger partial charge on any atom is 0.408 e. The molecule has 1 aromatic heterocycles. The number of methoxy groups -OCH3 is 1. The fraction of sp³-hybridized carbons (Fsp3) is 0.667. The van der Waals surface area contributed by atoms with Gasteiger partial charge in [-0.3, -0.25) is 0 Å². The van der Waals surface area contributed by atoms with Crippen LogP contribution in [0.4, 0.5) is 4.79 Å². The number of ether oxygens (including phenoxy) is 3. The van der Waals surface area contributed by atoms with Gasteiger partial charge in [-0.05, 0) is 58.2 Å². The lowest BCUT2D eigenvalue weighted by atomic mass is 9.96. The minimum Gasteiger partial charge on any atom is -0.472 e. The number of alkyl carbamates (subject to hydrolysis) is 1. The van der Waals surface area contributed by atoms with E-state index in [9.17, 15) is 9.59 Å². The first-order valence-electron chi connectivity index (χ1n) is 9.94. The van der Waals surface area contributed by atoms with Crippen molar-refractivity contribution in [1.82, 2.24) is 10.5 Å². The third kappa shape index (κ3) is 6.24. The summed E-state index contributed by atoms with van der Waals surface area (Å²) in [4.78, 5) is 24.6. The maximum absolute atomic E-state index is 12.4. The standard InChI is InChI=1S/C21H32N2O6/c1-12(2)27-18-16-14(10-8-9-13(3)17(16)29-23-18)11-15(19(24)26-7)22-20(25)28-21(4,5)6/h10,12-13,15H,8-9,11H2,1-7H3,(H,22,25)/t13?,15-/m0/s1. The molecule has 8 heteroatoms. The molecule has 0 saturated carbocycles. The normalized spacial score (nSPS) is 17.7. The summed E-state index contributed by atoms with van der Waals surface area (Å²) in [5.74, 6) is 0.728. The predicted octanol–water partition coefficient (Wildman–Crippen LogP) is 4.20. The van der Waals surface area contributed by atoms with Crippen molar-refractivity contribution in [2.24, 2.45) is 0 Å². The third-order valence-corrected chi connectivity index (χ3v) is 4.39. The van der Waals surface area contributed by atoms with E-state index in [0.29, 0.717) is 5.88 Å². The SMILES string of the molecule is COC(=O)[C@H](CC1=CCCC(C)c2onc(OC(C)C)c21)NC(=O)OC(C)(C)C. The lowest BCUT2D eigenvalue weighted by molar-refractivity contribution is -0.143. The summed E-state index contributed by atoms with van der Waals surface area (Å²) in [5, 5.41) is 6.71. The fourth-order valence-corrected chi connectivity index (χ4v) is 3.15. The van der Waals surface area contributed by atoms with Crippen molar-refractivity contribution < 1.29 is 28.3 Å². The number of amides is 1. The molecule has 1 aliphatic carbocycles. The van der Waals surface area contributed by atoms with Crippen molar-refractivity contribution >= 4 is 17.6 Å². The van der Waals surface area contributed by atoms with Crippen LogP contribution in [-0.2, 0) is 14.3 Å². The minimum atomic E-state index is -0.913. The van der Waals surface area contributed by atoms with E-state index >= 15 is 0 Å². The number of esters is 1. The predicted molar refractivity (Wildman–Crippen MR) is 108 cm³/mol. The zero-order valence-corrected chi connectivity index (χ0v) is 18.3. The summed E-state index contributed by atoms with van der Waals surface area (Å²) in [6.07, 6.45) is 3.18. The molecule has 162 valence electrons. The molecule has 1 heterocycles. The Morgan fingerprint density at radius 1 is 1.34 bits per heavy atom. The number of fused-ring (bicyclic) bond motifs is 1. The van der Waals surface area contributed by atoms with Gasteiger partial charge in [0, 0.05) is 12.3 Å². The number of aromatic nitrogens is 1. The third-order valence-electron chi connectivity index (χ3n) is 4.39. The van der Waals surface area contributed by atoms with Crippen LogP contribution in [0.15, 0.2) is 10.6 Å². The monoisotopic (exact) mass is 408 g/mol. The number of allylic oxidation sites excluding steroid dienone is 1. The molecule has 2 rings (SSSR count). The van der Waals surface area contributed by atoms with E-state index in [1.165, 1.54) is 7.11 Å². The van der Waals surface area contributed by atoms with Gasteiger partial charge in [0.15, 0.2) is 5.76 Å². The lowest BCUT2D eigenvalue weighted by Gasteiger charge is -2.23. The number of hydrogen-bond donors (Lipinski definition) is 1. The highest BCUT2D eigenvalue weighted by atomic mass is 16.6. The van der Waals surface area contributed by atoms with Crippen LogP contribution < -0.4 is 10.1 Å². The minimum absolute atomic E-state index is 0.0831. The van der Waals surface area contributed by atoms with Crippen LogP contribution >= 0.6 is 0 Å². The summed E-state index contributed by atoms with van der Waals surface area (Å²) in [5.41, 5.74) is 0.901. The molecule has 0 spiro atoms. The molecule has 0 saturated heterocycles. The summed E-state index contributed by atoms with van der Waals surface area (Å²) < 4.78 is 21.6. The molecule has 0 radical (unpaired) electrons. The molecule has 1 N–H and O–H groups in total. The van der Waals surface area contributed by atoms with Crippen LogP contribution in [0.25, 0.3) is 5.57 Å². The number of nitrogens with zero attached hydrogens (tertiary/aromatic N) is 1. The van der Waals surface area contributed by atoms with Crippen LogP contribution in [0.2, 0.25) is 0 Å². The van der Waals surface area contributed by atoms with Gasteiger partial charge in [0.1, 0.15) is 11.6 Å². The van der Waals surface area contributed by atoms with Gasteiger partial charge in [0.2, 0.25) is 0 Å². The summed E-state index contributed by atoms with van der Waals surface area (Å²) >= 11 is 0. The van der Waals surface area contributed by atoms with Gasteiger partial charge in [0.05, 0.1) is 18.8 Å². The molecule has 2 atom stereocenters. The number of rotatable bonds is 6.